The molecule has 2 N–H and O–H groups in total. The lowest BCUT2D eigenvalue weighted by Gasteiger charge is -2.04. The van der Waals surface area contributed by atoms with Crippen molar-refractivity contribution in [1.82, 2.24) is 15.5 Å². The monoisotopic (exact) mass is 167 g/mol. The summed E-state index contributed by atoms with van der Waals surface area (Å²) >= 11 is 0. The van der Waals surface area contributed by atoms with E-state index in [1.165, 1.54) is 0 Å². The Morgan fingerprint density at radius 3 is 2.75 bits per heavy atom. The summed E-state index contributed by atoms with van der Waals surface area (Å²) < 4.78 is 0. The van der Waals surface area contributed by atoms with Crippen molar-refractivity contribution >= 4 is 0 Å². The molecule has 0 fully saturated rings. The van der Waals surface area contributed by atoms with Gasteiger partial charge in [0.05, 0.1) is 5.69 Å². The predicted octanol–water partition coefficient (Wildman–Crippen LogP) is 0.106. The maximum Gasteiger partial charge on any atom is 0.268 e. The van der Waals surface area contributed by atoms with Crippen LogP contribution in [0.1, 0.15) is 16.8 Å². The van der Waals surface area contributed by atoms with Crippen molar-refractivity contribution in [2.75, 3.05) is 7.05 Å². The molecule has 0 aliphatic carbocycles. The quantitative estimate of drug-likeness (QED) is 0.657. The SMILES string of the molecule is CNCc1c(C)c(C)n[nH]c1=O. The van der Waals surface area contributed by atoms with Gasteiger partial charge in [-0.05, 0) is 26.5 Å². The number of nitrogens with zero attached hydrogens (tertiary/aromatic N) is 1. The van der Waals surface area contributed by atoms with E-state index in [1.54, 1.807) is 0 Å². The number of hydrogen-bond donors (Lipinski definition) is 2. The second-order valence-corrected chi connectivity index (χ2v) is 2.77. The summed E-state index contributed by atoms with van der Waals surface area (Å²) in [4.78, 5) is 11.2. The van der Waals surface area contributed by atoms with E-state index in [4.69, 9.17) is 0 Å². The molecule has 0 radical (unpaired) electrons. The molecule has 12 heavy (non-hydrogen) atoms. The van der Waals surface area contributed by atoms with Crippen molar-refractivity contribution in [3.63, 3.8) is 0 Å². The van der Waals surface area contributed by atoms with Crippen LogP contribution in [0.25, 0.3) is 0 Å². The van der Waals surface area contributed by atoms with E-state index in [9.17, 15) is 4.79 Å². The zero-order valence-corrected chi connectivity index (χ0v) is 7.56. The van der Waals surface area contributed by atoms with Gasteiger partial charge in [0, 0.05) is 12.1 Å². The molecule has 0 aliphatic heterocycles. The molecule has 0 atom stereocenters. The van der Waals surface area contributed by atoms with E-state index < -0.39 is 0 Å². The summed E-state index contributed by atoms with van der Waals surface area (Å²) in [5.74, 6) is 0. The van der Waals surface area contributed by atoms with Crippen LogP contribution in [0.3, 0.4) is 0 Å². The summed E-state index contributed by atoms with van der Waals surface area (Å²) in [6.45, 7) is 4.37. The lowest BCUT2D eigenvalue weighted by atomic mass is 10.1. The molecule has 4 heteroatoms. The zero-order chi connectivity index (χ0) is 9.14. The van der Waals surface area contributed by atoms with Gasteiger partial charge in [0.25, 0.3) is 5.56 Å². The van der Waals surface area contributed by atoms with E-state index in [-0.39, 0.29) is 5.56 Å². The number of H-pyrrole nitrogens is 1. The van der Waals surface area contributed by atoms with Gasteiger partial charge in [-0.3, -0.25) is 4.79 Å². The predicted molar refractivity (Wildman–Crippen MR) is 47.1 cm³/mol. The van der Waals surface area contributed by atoms with E-state index in [0.29, 0.717) is 6.54 Å². The lowest BCUT2D eigenvalue weighted by Crippen LogP contribution is -2.22. The fourth-order valence-electron chi connectivity index (χ4n) is 1.06. The van der Waals surface area contributed by atoms with Gasteiger partial charge in [0.15, 0.2) is 0 Å². The Kier molecular flexibility index (Phi) is 2.60. The first-order valence-corrected chi connectivity index (χ1v) is 3.86. The molecule has 0 aliphatic rings. The van der Waals surface area contributed by atoms with E-state index in [0.717, 1.165) is 16.8 Å². The number of aromatic nitrogens is 2. The van der Waals surface area contributed by atoms with Crippen molar-refractivity contribution < 1.29 is 0 Å². The number of aryl methyl sites for hydroxylation is 1. The second kappa shape index (κ2) is 3.49. The standard InChI is InChI=1S/C8H13N3O/c1-5-6(2)10-11-8(12)7(5)4-9-3/h9H,4H2,1-3H3,(H,11,12). The van der Waals surface area contributed by atoms with Gasteiger partial charge in [-0.15, -0.1) is 0 Å². The smallest absolute Gasteiger partial charge is 0.268 e. The first-order chi connectivity index (χ1) is 5.66. The van der Waals surface area contributed by atoms with Crippen LogP contribution in [0, 0.1) is 13.8 Å². The minimum Gasteiger partial charge on any atom is -0.315 e. The first kappa shape index (κ1) is 8.93. The van der Waals surface area contributed by atoms with Gasteiger partial charge in [-0.2, -0.15) is 5.10 Å². The third-order valence-corrected chi connectivity index (χ3v) is 1.95. The summed E-state index contributed by atoms with van der Waals surface area (Å²) in [7, 11) is 1.81. The molecule has 1 aromatic rings. The van der Waals surface area contributed by atoms with Crippen LogP contribution in [-0.2, 0) is 6.54 Å². The Bertz CT molecular complexity index is 330. The van der Waals surface area contributed by atoms with Crippen molar-refractivity contribution in [2.24, 2.45) is 0 Å². The van der Waals surface area contributed by atoms with Crippen molar-refractivity contribution in [3.8, 4) is 0 Å². The molecule has 4 nitrogen and oxygen atoms in total. The maximum absolute atomic E-state index is 11.2. The summed E-state index contributed by atoms with van der Waals surface area (Å²) in [6, 6.07) is 0. The molecule has 0 amide bonds. The zero-order valence-electron chi connectivity index (χ0n) is 7.56. The highest BCUT2D eigenvalue weighted by Gasteiger charge is 2.05. The Balaban J connectivity index is 3.23. The van der Waals surface area contributed by atoms with Crippen LogP contribution in [-0.4, -0.2) is 17.2 Å². The highest BCUT2D eigenvalue weighted by Crippen LogP contribution is 2.03. The minimum atomic E-state index is -0.104. The minimum absolute atomic E-state index is 0.104. The molecule has 0 saturated heterocycles. The topological polar surface area (TPSA) is 57.8 Å². The number of hydrogen-bond acceptors (Lipinski definition) is 3. The fraction of sp³-hybridized carbons (Fsp3) is 0.500. The Hall–Kier alpha value is -1.16. The van der Waals surface area contributed by atoms with E-state index in [2.05, 4.69) is 15.5 Å². The van der Waals surface area contributed by atoms with Gasteiger partial charge >= 0.3 is 0 Å². The van der Waals surface area contributed by atoms with Gasteiger partial charge < -0.3 is 5.32 Å². The average molecular weight is 167 g/mol. The van der Waals surface area contributed by atoms with Gasteiger partial charge in [0.1, 0.15) is 0 Å². The molecule has 0 saturated carbocycles. The molecule has 0 bridgehead atoms. The van der Waals surface area contributed by atoms with E-state index >= 15 is 0 Å². The molecule has 1 heterocycles. The Morgan fingerprint density at radius 2 is 2.17 bits per heavy atom. The number of rotatable bonds is 2. The molecule has 0 unspecified atom stereocenters. The molecular weight excluding hydrogens is 154 g/mol. The summed E-state index contributed by atoms with van der Waals surface area (Å²) in [6.07, 6.45) is 0. The second-order valence-electron chi connectivity index (χ2n) is 2.77. The van der Waals surface area contributed by atoms with Crippen LogP contribution >= 0.6 is 0 Å². The van der Waals surface area contributed by atoms with Crippen LogP contribution in [0.2, 0.25) is 0 Å². The maximum atomic E-state index is 11.2. The highest BCUT2D eigenvalue weighted by molar-refractivity contribution is 5.24. The first-order valence-electron chi connectivity index (χ1n) is 3.86. The van der Waals surface area contributed by atoms with Crippen molar-refractivity contribution in [1.29, 1.82) is 0 Å². The van der Waals surface area contributed by atoms with Gasteiger partial charge in [0.2, 0.25) is 0 Å². The largest absolute Gasteiger partial charge is 0.315 e. The molecule has 0 aromatic carbocycles. The van der Waals surface area contributed by atoms with Crippen LogP contribution < -0.4 is 10.9 Å². The van der Waals surface area contributed by atoms with Gasteiger partial charge in [-0.25, -0.2) is 5.10 Å². The Labute approximate surface area is 71.0 Å². The van der Waals surface area contributed by atoms with Gasteiger partial charge in [-0.1, -0.05) is 0 Å². The van der Waals surface area contributed by atoms with Crippen LogP contribution in [0.5, 0.6) is 0 Å². The molecule has 0 spiro atoms. The molecular formula is C8H13N3O. The molecule has 66 valence electrons. The third-order valence-electron chi connectivity index (χ3n) is 1.95. The molecule has 1 rings (SSSR count). The number of aromatic amines is 1. The number of nitrogens with one attached hydrogen (secondary N) is 2. The average Bonchev–Trinajstić information content (AvgIpc) is 2.06. The summed E-state index contributed by atoms with van der Waals surface area (Å²) in [5, 5.41) is 9.25. The summed E-state index contributed by atoms with van der Waals surface area (Å²) in [5.41, 5.74) is 2.51. The highest BCUT2D eigenvalue weighted by atomic mass is 16.1. The van der Waals surface area contributed by atoms with Crippen molar-refractivity contribution in [2.45, 2.75) is 20.4 Å². The Morgan fingerprint density at radius 1 is 1.50 bits per heavy atom. The lowest BCUT2D eigenvalue weighted by molar-refractivity contribution is 0.776. The fourth-order valence-corrected chi connectivity index (χ4v) is 1.06. The van der Waals surface area contributed by atoms with Crippen LogP contribution in [0.15, 0.2) is 4.79 Å². The molecule has 1 aromatic heterocycles. The normalized spacial score (nSPS) is 10.2. The van der Waals surface area contributed by atoms with Crippen LogP contribution in [0.4, 0.5) is 0 Å². The van der Waals surface area contributed by atoms with E-state index in [1.807, 2.05) is 20.9 Å². The third kappa shape index (κ3) is 1.53. The van der Waals surface area contributed by atoms with Crippen molar-refractivity contribution in [3.05, 3.63) is 27.2 Å².